The van der Waals surface area contributed by atoms with Gasteiger partial charge in [0, 0.05) is 6.04 Å². The molecule has 0 aromatic rings. The van der Waals surface area contributed by atoms with Crippen LogP contribution >= 0.6 is 0 Å². The lowest BCUT2D eigenvalue weighted by Gasteiger charge is -2.26. The molecule has 2 N–H and O–H groups in total. The highest BCUT2D eigenvalue weighted by Gasteiger charge is 2.34. The molecule has 0 bridgehead atoms. The monoisotopic (exact) mass is 253 g/mol. The molecule has 0 fully saturated rings. The summed E-state index contributed by atoms with van der Waals surface area (Å²) in [7, 11) is 0. The van der Waals surface area contributed by atoms with E-state index in [-0.39, 0.29) is 11.9 Å². The molecule has 0 saturated heterocycles. The van der Waals surface area contributed by atoms with E-state index in [1.165, 1.54) is 0 Å². The topological polar surface area (TPSA) is 66.4 Å². The SMILES string of the molecule is CCCCC(C)NC(=O)C1CC=CCC1C(=O)O. The lowest BCUT2D eigenvalue weighted by atomic mass is 9.82. The van der Waals surface area contributed by atoms with Crippen molar-refractivity contribution in [1.82, 2.24) is 5.32 Å². The zero-order valence-electron chi connectivity index (χ0n) is 11.2. The summed E-state index contributed by atoms with van der Waals surface area (Å²) < 4.78 is 0. The molecule has 18 heavy (non-hydrogen) atoms. The fraction of sp³-hybridized carbons (Fsp3) is 0.714. The van der Waals surface area contributed by atoms with Gasteiger partial charge in [-0.15, -0.1) is 0 Å². The fourth-order valence-electron chi connectivity index (χ4n) is 2.31. The second-order valence-electron chi connectivity index (χ2n) is 5.05. The molecule has 1 aliphatic rings. The molecule has 4 heteroatoms. The van der Waals surface area contributed by atoms with E-state index in [1.54, 1.807) is 0 Å². The van der Waals surface area contributed by atoms with Crippen LogP contribution in [0.15, 0.2) is 12.2 Å². The van der Waals surface area contributed by atoms with Crippen LogP contribution in [0.2, 0.25) is 0 Å². The molecule has 1 rings (SSSR count). The van der Waals surface area contributed by atoms with E-state index >= 15 is 0 Å². The van der Waals surface area contributed by atoms with Crippen molar-refractivity contribution in [1.29, 1.82) is 0 Å². The summed E-state index contributed by atoms with van der Waals surface area (Å²) in [5, 5.41) is 12.1. The number of nitrogens with one attached hydrogen (secondary N) is 1. The minimum absolute atomic E-state index is 0.115. The third-order valence-electron chi connectivity index (χ3n) is 3.47. The number of hydrogen-bond donors (Lipinski definition) is 2. The predicted molar refractivity (Wildman–Crippen MR) is 70.1 cm³/mol. The second kappa shape index (κ2) is 7.19. The van der Waals surface area contributed by atoms with Crippen molar-refractivity contribution in [3.63, 3.8) is 0 Å². The van der Waals surface area contributed by atoms with E-state index in [4.69, 9.17) is 5.11 Å². The number of allylic oxidation sites excluding steroid dienone is 2. The maximum Gasteiger partial charge on any atom is 0.307 e. The average molecular weight is 253 g/mol. The molecular formula is C14H23NO3. The summed E-state index contributed by atoms with van der Waals surface area (Å²) in [5.74, 6) is -1.99. The summed E-state index contributed by atoms with van der Waals surface area (Å²) in [6.45, 7) is 4.09. The first-order valence-corrected chi connectivity index (χ1v) is 6.74. The number of carbonyl (C=O) groups is 2. The van der Waals surface area contributed by atoms with Gasteiger partial charge in [0.2, 0.25) is 5.91 Å². The molecule has 0 aromatic heterocycles. The molecule has 0 spiro atoms. The van der Waals surface area contributed by atoms with Gasteiger partial charge < -0.3 is 10.4 Å². The van der Waals surface area contributed by atoms with Crippen LogP contribution in [0.4, 0.5) is 0 Å². The maximum absolute atomic E-state index is 12.1. The van der Waals surface area contributed by atoms with Gasteiger partial charge in [-0.05, 0) is 26.2 Å². The van der Waals surface area contributed by atoms with E-state index in [9.17, 15) is 9.59 Å². The Labute approximate surface area is 108 Å². The fourth-order valence-corrected chi connectivity index (χ4v) is 2.31. The summed E-state index contributed by atoms with van der Waals surface area (Å²) >= 11 is 0. The Bertz CT molecular complexity index is 325. The summed E-state index contributed by atoms with van der Waals surface area (Å²) in [5.41, 5.74) is 0. The highest BCUT2D eigenvalue weighted by Crippen LogP contribution is 2.26. The van der Waals surface area contributed by atoms with E-state index in [2.05, 4.69) is 12.2 Å². The van der Waals surface area contributed by atoms with Crippen LogP contribution in [-0.4, -0.2) is 23.0 Å². The lowest BCUT2D eigenvalue weighted by Crippen LogP contribution is -2.42. The van der Waals surface area contributed by atoms with Gasteiger partial charge in [0.15, 0.2) is 0 Å². The Balaban J connectivity index is 2.53. The van der Waals surface area contributed by atoms with Crippen LogP contribution in [-0.2, 0) is 9.59 Å². The normalized spacial score (nSPS) is 24.6. The van der Waals surface area contributed by atoms with Crippen LogP contribution in [0.3, 0.4) is 0 Å². The van der Waals surface area contributed by atoms with Crippen molar-refractivity contribution in [3.8, 4) is 0 Å². The van der Waals surface area contributed by atoms with Crippen molar-refractivity contribution in [2.24, 2.45) is 11.8 Å². The Morgan fingerprint density at radius 2 is 1.94 bits per heavy atom. The smallest absolute Gasteiger partial charge is 0.307 e. The Hall–Kier alpha value is -1.32. The number of carboxylic acids is 1. The number of aliphatic carboxylic acids is 1. The molecule has 0 saturated carbocycles. The number of amides is 1. The van der Waals surface area contributed by atoms with Gasteiger partial charge in [0.25, 0.3) is 0 Å². The number of hydrogen-bond acceptors (Lipinski definition) is 2. The van der Waals surface area contributed by atoms with Gasteiger partial charge in [-0.1, -0.05) is 31.9 Å². The molecule has 102 valence electrons. The zero-order chi connectivity index (χ0) is 13.5. The van der Waals surface area contributed by atoms with Gasteiger partial charge in [-0.2, -0.15) is 0 Å². The van der Waals surface area contributed by atoms with Gasteiger partial charge in [-0.3, -0.25) is 9.59 Å². The first-order valence-electron chi connectivity index (χ1n) is 6.74. The Morgan fingerprint density at radius 1 is 1.33 bits per heavy atom. The number of rotatable bonds is 6. The van der Waals surface area contributed by atoms with E-state index in [1.807, 2.05) is 19.1 Å². The van der Waals surface area contributed by atoms with Crippen molar-refractivity contribution < 1.29 is 14.7 Å². The van der Waals surface area contributed by atoms with Gasteiger partial charge >= 0.3 is 5.97 Å². The summed E-state index contributed by atoms with van der Waals surface area (Å²) in [6.07, 6.45) is 7.87. The number of carbonyl (C=O) groups excluding carboxylic acids is 1. The van der Waals surface area contributed by atoms with Crippen molar-refractivity contribution >= 4 is 11.9 Å². The minimum Gasteiger partial charge on any atom is -0.481 e. The molecule has 0 aromatic carbocycles. The van der Waals surface area contributed by atoms with E-state index < -0.39 is 17.8 Å². The number of carboxylic acid groups (broad SMARTS) is 1. The summed E-state index contributed by atoms with van der Waals surface area (Å²) in [4.78, 5) is 23.2. The number of unbranched alkanes of at least 4 members (excludes halogenated alkanes) is 1. The van der Waals surface area contributed by atoms with Crippen molar-refractivity contribution in [2.45, 2.75) is 52.0 Å². The van der Waals surface area contributed by atoms with Crippen LogP contribution < -0.4 is 5.32 Å². The molecule has 3 unspecified atom stereocenters. The molecule has 1 amide bonds. The third kappa shape index (κ3) is 4.17. The Morgan fingerprint density at radius 3 is 2.50 bits per heavy atom. The molecule has 0 heterocycles. The molecular weight excluding hydrogens is 230 g/mol. The van der Waals surface area contributed by atoms with Gasteiger partial charge in [0.05, 0.1) is 11.8 Å². The molecule has 0 radical (unpaired) electrons. The molecule has 0 aliphatic heterocycles. The molecule has 1 aliphatic carbocycles. The lowest BCUT2D eigenvalue weighted by molar-refractivity contribution is -0.147. The van der Waals surface area contributed by atoms with Crippen molar-refractivity contribution in [2.75, 3.05) is 0 Å². The molecule has 3 atom stereocenters. The second-order valence-corrected chi connectivity index (χ2v) is 5.05. The van der Waals surface area contributed by atoms with E-state index in [0.29, 0.717) is 12.8 Å². The highest BCUT2D eigenvalue weighted by atomic mass is 16.4. The van der Waals surface area contributed by atoms with E-state index in [0.717, 1.165) is 19.3 Å². The van der Waals surface area contributed by atoms with Crippen LogP contribution in [0.1, 0.15) is 46.0 Å². The Kier molecular flexibility index (Phi) is 5.89. The predicted octanol–water partition coefficient (Wildman–Crippen LogP) is 2.35. The third-order valence-corrected chi connectivity index (χ3v) is 3.47. The maximum atomic E-state index is 12.1. The first kappa shape index (κ1) is 14.7. The largest absolute Gasteiger partial charge is 0.481 e. The van der Waals surface area contributed by atoms with Gasteiger partial charge in [0.1, 0.15) is 0 Å². The molecule has 4 nitrogen and oxygen atoms in total. The minimum atomic E-state index is -0.874. The average Bonchev–Trinajstić information content (AvgIpc) is 2.36. The summed E-state index contributed by atoms with van der Waals surface area (Å²) in [6, 6.07) is 0.123. The van der Waals surface area contributed by atoms with Gasteiger partial charge in [-0.25, -0.2) is 0 Å². The standard InChI is InChI=1S/C14H23NO3/c1-3-4-7-10(2)15-13(16)11-8-5-6-9-12(11)14(17)18/h5-6,10-12H,3-4,7-9H2,1-2H3,(H,15,16)(H,17,18). The highest BCUT2D eigenvalue weighted by molar-refractivity contribution is 5.85. The zero-order valence-corrected chi connectivity index (χ0v) is 11.2. The van der Waals surface area contributed by atoms with Crippen molar-refractivity contribution in [3.05, 3.63) is 12.2 Å². The first-order chi connectivity index (χ1) is 8.56. The van der Waals surface area contributed by atoms with Crippen LogP contribution in [0.25, 0.3) is 0 Å². The van der Waals surface area contributed by atoms with Crippen LogP contribution in [0, 0.1) is 11.8 Å². The van der Waals surface area contributed by atoms with Crippen LogP contribution in [0.5, 0.6) is 0 Å². The quantitative estimate of drug-likeness (QED) is 0.714.